The molecule has 3 aromatic rings. The fourth-order valence-electron chi connectivity index (χ4n) is 3.32. The molecule has 3 N–H and O–H groups in total. The average Bonchev–Trinajstić information content (AvgIpc) is 3.37. The molecule has 0 saturated carbocycles. The van der Waals surface area contributed by atoms with E-state index in [1.807, 2.05) is 0 Å². The molecule has 2 unspecified atom stereocenters. The summed E-state index contributed by atoms with van der Waals surface area (Å²) < 4.78 is 55.3. The van der Waals surface area contributed by atoms with Gasteiger partial charge in [0.15, 0.2) is 0 Å². The highest BCUT2D eigenvalue weighted by molar-refractivity contribution is 6.31. The second kappa shape index (κ2) is 8.31. The van der Waals surface area contributed by atoms with Gasteiger partial charge in [-0.3, -0.25) is 4.98 Å². The fraction of sp³-hybridized carbons (Fsp3) is 0.263. The molecule has 0 radical (unpaired) electrons. The average molecular weight is 441 g/mol. The predicted octanol–water partition coefficient (Wildman–Crippen LogP) is 3.56. The summed E-state index contributed by atoms with van der Waals surface area (Å²) in [6, 6.07) is 4.81. The summed E-state index contributed by atoms with van der Waals surface area (Å²) in [6.07, 6.45) is 0.649. The van der Waals surface area contributed by atoms with Crippen LogP contribution in [-0.2, 0) is 13.0 Å². The molecule has 3 heterocycles. The van der Waals surface area contributed by atoms with Crippen molar-refractivity contribution in [3.8, 4) is 11.4 Å². The van der Waals surface area contributed by atoms with Gasteiger partial charge in [0.1, 0.15) is 17.6 Å². The number of pyridine rings is 1. The molecule has 30 heavy (non-hydrogen) atoms. The van der Waals surface area contributed by atoms with Crippen LogP contribution in [0.2, 0.25) is 5.02 Å². The third-order valence-electron chi connectivity index (χ3n) is 4.86. The van der Waals surface area contributed by atoms with E-state index < -0.39 is 18.3 Å². The van der Waals surface area contributed by atoms with Crippen molar-refractivity contribution in [1.82, 2.24) is 30.9 Å². The Morgan fingerprint density at radius 1 is 1.10 bits per heavy atom. The zero-order chi connectivity index (χ0) is 21.3. The van der Waals surface area contributed by atoms with Gasteiger partial charge in [-0.15, -0.1) is 0 Å². The van der Waals surface area contributed by atoms with E-state index in [-0.39, 0.29) is 5.82 Å². The summed E-state index contributed by atoms with van der Waals surface area (Å²) in [5, 5.41) is 0.357. The summed E-state index contributed by atoms with van der Waals surface area (Å²) >= 11 is 6.05. The Morgan fingerprint density at radius 3 is 2.70 bits per heavy atom. The number of imidazole rings is 1. The van der Waals surface area contributed by atoms with Crippen LogP contribution < -0.4 is 16.4 Å². The highest BCUT2D eigenvalue weighted by Gasteiger charge is 2.48. The Hall–Kier alpha value is -2.53. The monoisotopic (exact) mass is 440 g/mol. The number of halogens is 5. The first-order valence-electron chi connectivity index (χ1n) is 9.06. The third-order valence-corrected chi connectivity index (χ3v) is 5.22. The molecule has 0 aliphatic carbocycles. The Morgan fingerprint density at radius 2 is 1.93 bits per heavy atom. The molecule has 1 aromatic carbocycles. The SMILES string of the molecule is Fc1cccc(Cl)c1CCn1cnc(-c2cc(C3NNNC3C(F)(F)F)ccn2)c1. The maximum Gasteiger partial charge on any atom is 0.407 e. The van der Waals surface area contributed by atoms with Crippen LogP contribution in [0.25, 0.3) is 11.4 Å². The summed E-state index contributed by atoms with van der Waals surface area (Å²) in [5.41, 5.74) is 8.85. The van der Waals surface area contributed by atoms with E-state index in [0.29, 0.717) is 40.5 Å². The maximum atomic E-state index is 13.9. The van der Waals surface area contributed by atoms with Gasteiger partial charge in [0, 0.05) is 29.5 Å². The van der Waals surface area contributed by atoms with Crippen molar-refractivity contribution in [2.45, 2.75) is 31.2 Å². The van der Waals surface area contributed by atoms with E-state index in [4.69, 9.17) is 11.6 Å². The number of rotatable bonds is 5. The second-order valence-corrected chi connectivity index (χ2v) is 7.24. The second-order valence-electron chi connectivity index (χ2n) is 6.83. The quantitative estimate of drug-likeness (QED) is 0.529. The van der Waals surface area contributed by atoms with Crippen LogP contribution in [0.5, 0.6) is 0 Å². The molecule has 0 bridgehead atoms. The molecule has 1 aliphatic rings. The van der Waals surface area contributed by atoms with Crippen LogP contribution in [0.1, 0.15) is 17.2 Å². The largest absolute Gasteiger partial charge is 0.407 e. The Bertz CT molecular complexity index is 1020. The van der Waals surface area contributed by atoms with Crippen molar-refractivity contribution in [1.29, 1.82) is 0 Å². The van der Waals surface area contributed by atoms with Crippen LogP contribution in [0, 0.1) is 5.82 Å². The predicted molar refractivity (Wildman–Crippen MR) is 103 cm³/mol. The number of nitrogens with one attached hydrogen (secondary N) is 3. The van der Waals surface area contributed by atoms with Crippen LogP contribution in [-0.4, -0.2) is 26.8 Å². The van der Waals surface area contributed by atoms with Gasteiger partial charge in [-0.25, -0.2) is 20.2 Å². The first-order valence-corrected chi connectivity index (χ1v) is 9.44. The number of benzene rings is 1. The molecule has 2 aromatic heterocycles. The van der Waals surface area contributed by atoms with E-state index >= 15 is 0 Å². The fourth-order valence-corrected chi connectivity index (χ4v) is 3.58. The minimum absolute atomic E-state index is 0.357. The summed E-state index contributed by atoms with van der Waals surface area (Å²) in [6.45, 7) is 0.432. The van der Waals surface area contributed by atoms with Crippen LogP contribution in [0.4, 0.5) is 17.6 Å². The molecule has 6 nitrogen and oxygen atoms in total. The van der Waals surface area contributed by atoms with Gasteiger partial charge in [-0.05, 0) is 36.2 Å². The molecule has 11 heteroatoms. The van der Waals surface area contributed by atoms with E-state index in [9.17, 15) is 17.6 Å². The zero-order valence-corrected chi connectivity index (χ0v) is 16.2. The van der Waals surface area contributed by atoms with Gasteiger partial charge in [-0.1, -0.05) is 17.7 Å². The molecular formula is C19H17ClF4N6. The standard InChI is InChI=1S/C19H17ClF4N6/c20-13-2-1-3-14(21)12(13)5-7-30-9-16(26-10-30)15-8-11(4-6-25-15)17-18(19(22,23)24)28-29-27-17/h1-4,6,8-10,17-18,27-29H,5,7H2. The summed E-state index contributed by atoms with van der Waals surface area (Å²) in [5.74, 6) is -0.372. The first kappa shape index (κ1) is 20.7. The Labute approximate surface area is 174 Å². The molecule has 4 rings (SSSR count). The zero-order valence-electron chi connectivity index (χ0n) is 15.4. The van der Waals surface area contributed by atoms with Crippen LogP contribution >= 0.6 is 11.6 Å². The van der Waals surface area contributed by atoms with E-state index in [2.05, 4.69) is 26.4 Å². The molecule has 0 spiro atoms. The topological polar surface area (TPSA) is 66.8 Å². The Kier molecular flexibility index (Phi) is 5.74. The minimum atomic E-state index is -4.43. The highest BCUT2D eigenvalue weighted by Crippen LogP contribution is 2.32. The number of hydrazine groups is 2. The third kappa shape index (κ3) is 4.31. The first-order chi connectivity index (χ1) is 14.3. The number of hydrogen-bond donors (Lipinski definition) is 3. The van der Waals surface area contributed by atoms with Gasteiger partial charge in [-0.2, -0.15) is 18.7 Å². The van der Waals surface area contributed by atoms with Crippen LogP contribution in [0.3, 0.4) is 0 Å². The summed E-state index contributed by atoms with van der Waals surface area (Å²) in [7, 11) is 0. The van der Waals surface area contributed by atoms with Crippen molar-refractivity contribution in [2.75, 3.05) is 0 Å². The van der Waals surface area contributed by atoms with Crippen molar-refractivity contribution in [3.05, 3.63) is 71.0 Å². The number of alkyl halides is 3. The molecule has 1 aliphatic heterocycles. The molecule has 2 atom stereocenters. The van der Waals surface area contributed by atoms with Gasteiger partial charge < -0.3 is 4.57 Å². The lowest BCUT2D eigenvalue weighted by Gasteiger charge is -2.21. The molecule has 1 saturated heterocycles. The van der Waals surface area contributed by atoms with E-state index in [1.165, 1.54) is 18.3 Å². The number of aromatic nitrogens is 3. The van der Waals surface area contributed by atoms with Gasteiger partial charge in [0.2, 0.25) is 0 Å². The highest BCUT2D eigenvalue weighted by atomic mass is 35.5. The lowest BCUT2D eigenvalue weighted by molar-refractivity contribution is -0.156. The number of nitrogens with zero attached hydrogens (tertiary/aromatic N) is 3. The van der Waals surface area contributed by atoms with Crippen molar-refractivity contribution >= 4 is 11.6 Å². The lowest BCUT2D eigenvalue weighted by atomic mass is 10.0. The van der Waals surface area contributed by atoms with Gasteiger partial charge >= 0.3 is 6.18 Å². The molecular weight excluding hydrogens is 424 g/mol. The van der Waals surface area contributed by atoms with Gasteiger partial charge in [0.05, 0.1) is 18.1 Å². The molecule has 158 valence electrons. The lowest BCUT2D eigenvalue weighted by Crippen LogP contribution is -2.43. The minimum Gasteiger partial charge on any atom is -0.336 e. The number of aryl methyl sites for hydroxylation is 1. The molecule has 0 amide bonds. The van der Waals surface area contributed by atoms with Crippen molar-refractivity contribution < 1.29 is 17.6 Å². The molecule has 1 fully saturated rings. The summed E-state index contributed by atoms with van der Waals surface area (Å²) in [4.78, 5) is 8.50. The van der Waals surface area contributed by atoms with Gasteiger partial charge in [0.25, 0.3) is 0 Å². The Balaban J connectivity index is 1.51. The normalized spacial score (nSPS) is 19.4. The number of hydrogen-bond acceptors (Lipinski definition) is 5. The smallest absolute Gasteiger partial charge is 0.336 e. The van der Waals surface area contributed by atoms with Crippen LogP contribution in [0.15, 0.2) is 49.1 Å². The maximum absolute atomic E-state index is 13.9. The van der Waals surface area contributed by atoms with Crippen molar-refractivity contribution in [2.24, 2.45) is 0 Å². The van der Waals surface area contributed by atoms with E-state index in [1.54, 1.807) is 35.3 Å². The van der Waals surface area contributed by atoms with Crippen molar-refractivity contribution in [3.63, 3.8) is 0 Å². The van der Waals surface area contributed by atoms with E-state index in [0.717, 1.165) is 0 Å².